The van der Waals surface area contributed by atoms with E-state index in [2.05, 4.69) is 16.9 Å². The van der Waals surface area contributed by atoms with Crippen molar-refractivity contribution in [2.75, 3.05) is 6.61 Å². The molecular weight excluding hydrogens is 178 g/mol. The average molecular weight is 193 g/mol. The summed E-state index contributed by atoms with van der Waals surface area (Å²) in [5.74, 6) is 0.377. The molecule has 1 aliphatic rings. The molecule has 3 unspecified atom stereocenters. The van der Waals surface area contributed by atoms with E-state index in [1.54, 1.807) is 18.6 Å². The number of aromatic nitrogens is 2. The third kappa shape index (κ3) is 1.91. The number of nitrogens with two attached hydrogens (primary N) is 1. The van der Waals surface area contributed by atoms with Crippen LogP contribution in [-0.2, 0) is 4.74 Å². The molecule has 2 N–H and O–H groups in total. The summed E-state index contributed by atoms with van der Waals surface area (Å²) in [4.78, 5) is 8.22. The lowest BCUT2D eigenvalue weighted by Crippen LogP contribution is -2.22. The second-order valence-corrected chi connectivity index (χ2v) is 3.80. The predicted octanol–water partition coefficient (Wildman–Crippen LogP) is 0.901. The highest BCUT2D eigenvalue weighted by atomic mass is 16.5. The van der Waals surface area contributed by atoms with Crippen LogP contribution in [0.3, 0.4) is 0 Å². The van der Waals surface area contributed by atoms with Crippen molar-refractivity contribution < 1.29 is 4.74 Å². The van der Waals surface area contributed by atoms with Crippen LogP contribution in [0.4, 0.5) is 0 Å². The van der Waals surface area contributed by atoms with Crippen LogP contribution in [0.2, 0.25) is 0 Å². The van der Waals surface area contributed by atoms with Crippen LogP contribution in [0.15, 0.2) is 18.6 Å². The van der Waals surface area contributed by atoms with Crippen molar-refractivity contribution in [2.24, 2.45) is 11.7 Å². The van der Waals surface area contributed by atoms with Crippen LogP contribution in [0, 0.1) is 5.92 Å². The van der Waals surface area contributed by atoms with Gasteiger partial charge in [-0.2, -0.15) is 0 Å². The molecule has 0 spiro atoms. The molecule has 0 aliphatic carbocycles. The van der Waals surface area contributed by atoms with Crippen LogP contribution in [0.25, 0.3) is 0 Å². The van der Waals surface area contributed by atoms with Crippen molar-refractivity contribution in [3.8, 4) is 0 Å². The molecule has 76 valence electrons. The molecule has 4 nitrogen and oxygen atoms in total. The van der Waals surface area contributed by atoms with Gasteiger partial charge in [0.05, 0.1) is 24.4 Å². The molecule has 2 heterocycles. The van der Waals surface area contributed by atoms with Crippen LogP contribution in [-0.4, -0.2) is 22.7 Å². The van der Waals surface area contributed by atoms with Crippen molar-refractivity contribution in [1.82, 2.24) is 9.97 Å². The summed E-state index contributed by atoms with van der Waals surface area (Å²) in [6, 6.07) is -0.0475. The van der Waals surface area contributed by atoms with Gasteiger partial charge in [0.15, 0.2) is 0 Å². The summed E-state index contributed by atoms with van der Waals surface area (Å²) >= 11 is 0. The molecule has 0 aromatic carbocycles. The third-order valence-electron chi connectivity index (χ3n) is 2.66. The van der Waals surface area contributed by atoms with Crippen molar-refractivity contribution in [3.05, 3.63) is 24.3 Å². The van der Waals surface area contributed by atoms with Crippen LogP contribution in [0.5, 0.6) is 0 Å². The fraction of sp³-hybridized carbons (Fsp3) is 0.600. The zero-order valence-electron chi connectivity index (χ0n) is 8.26. The summed E-state index contributed by atoms with van der Waals surface area (Å²) in [7, 11) is 0. The monoisotopic (exact) mass is 193 g/mol. The van der Waals surface area contributed by atoms with Gasteiger partial charge in [-0.25, -0.2) is 0 Å². The van der Waals surface area contributed by atoms with E-state index in [4.69, 9.17) is 10.5 Å². The van der Waals surface area contributed by atoms with Gasteiger partial charge in [-0.3, -0.25) is 9.97 Å². The minimum Gasteiger partial charge on any atom is -0.378 e. The van der Waals surface area contributed by atoms with Crippen LogP contribution < -0.4 is 5.73 Å². The van der Waals surface area contributed by atoms with Gasteiger partial charge in [0.1, 0.15) is 0 Å². The first-order chi connectivity index (χ1) is 6.77. The van der Waals surface area contributed by atoms with E-state index in [9.17, 15) is 0 Å². The minimum atomic E-state index is -0.0475. The van der Waals surface area contributed by atoms with Gasteiger partial charge in [-0.05, 0) is 13.3 Å². The third-order valence-corrected chi connectivity index (χ3v) is 2.66. The Morgan fingerprint density at radius 3 is 3.00 bits per heavy atom. The Morgan fingerprint density at radius 2 is 2.43 bits per heavy atom. The molecule has 1 saturated heterocycles. The Kier molecular flexibility index (Phi) is 2.74. The quantitative estimate of drug-likeness (QED) is 0.758. The molecule has 0 amide bonds. The van der Waals surface area contributed by atoms with E-state index < -0.39 is 0 Å². The van der Waals surface area contributed by atoms with Crippen molar-refractivity contribution >= 4 is 0 Å². The first-order valence-corrected chi connectivity index (χ1v) is 4.90. The van der Waals surface area contributed by atoms with Gasteiger partial charge < -0.3 is 10.5 Å². The number of nitrogens with zero attached hydrogens (tertiary/aromatic N) is 2. The topological polar surface area (TPSA) is 61.0 Å². The molecular formula is C10H15N3O. The Labute approximate surface area is 83.5 Å². The van der Waals surface area contributed by atoms with Crippen molar-refractivity contribution in [1.29, 1.82) is 0 Å². The van der Waals surface area contributed by atoms with E-state index in [0.29, 0.717) is 12.0 Å². The molecule has 1 aliphatic heterocycles. The Bertz CT molecular complexity index is 291. The summed E-state index contributed by atoms with van der Waals surface area (Å²) < 4.78 is 5.48. The number of hydrogen-bond donors (Lipinski definition) is 1. The SMILES string of the molecule is CC1CC(C(N)c2cnccn2)CO1. The maximum absolute atomic E-state index is 6.08. The fourth-order valence-electron chi connectivity index (χ4n) is 1.82. The minimum absolute atomic E-state index is 0.0475. The Morgan fingerprint density at radius 1 is 1.57 bits per heavy atom. The molecule has 1 aromatic heterocycles. The van der Waals surface area contributed by atoms with Gasteiger partial charge >= 0.3 is 0 Å². The van der Waals surface area contributed by atoms with Crippen molar-refractivity contribution in [3.63, 3.8) is 0 Å². The normalized spacial score (nSPS) is 29.0. The molecule has 0 radical (unpaired) electrons. The van der Waals surface area contributed by atoms with Gasteiger partial charge in [-0.1, -0.05) is 0 Å². The summed E-state index contributed by atoms with van der Waals surface area (Å²) in [6.45, 7) is 2.81. The number of hydrogen-bond acceptors (Lipinski definition) is 4. The molecule has 0 saturated carbocycles. The number of ether oxygens (including phenoxy) is 1. The van der Waals surface area contributed by atoms with E-state index in [1.165, 1.54) is 0 Å². The summed E-state index contributed by atoms with van der Waals surface area (Å²) in [5, 5.41) is 0. The second kappa shape index (κ2) is 4.02. The number of rotatable bonds is 2. The zero-order chi connectivity index (χ0) is 9.97. The van der Waals surface area contributed by atoms with Gasteiger partial charge in [0, 0.05) is 24.5 Å². The van der Waals surface area contributed by atoms with Gasteiger partial charge in [0.25, 0.3) is 0 Å². The van der Waals surface area contributed by atoms with E-state index >= 15 is 0 Å². The first-order valence-electron chi connectivity index (χ1n) is 4.90. The average Bonchev–Trinajstić information content (AvgIpc) is 2.65. The zero-order valence-corrected chi connectivity index (χ0v) is 8.26. The molecule has 2 rings (SSSR count). The Hall–Kier alpha value is -1.00. The molecule has 0 bridgehead atoms. The maximum atomic E-state index is 6.08. The lowest BCUT2D eigenvalue weighted by Gasteiger charge is -2.16. The standard InChI is InChI=1S/C10H15N3O/c1-7-4-8(6-14-7)10(11)9-5-12-2-3-13-9/h2-3,5,7-8,10H,4,6,11H2,1H3. The summed E-state index contributed by atoms with van der Waals surface area (Å²) in [6.07, 6.45) is 6.40. The second-order valence-electron chi connectivity index (χ2n) is 3.80. The maximum Gasteiger partial charge on any atom is 0.0757 e. The van der Waals surface area contributed by atoms with Gasteiger partial charge in [0.2, 0.25) is 0 Å². The van der Waals surface area contributed by atoms with E-state index in [1.807, 2.05) is 0 Å². The lowest BCUT2D eigenvalue weighted by molar-refractivity contribution is 0.118. The smallest absolute Gasteiger partial charge is 0.0757 e. The molecule has 1 fully saturated rings. The molecule has 4 heteroatoms. The fourth-order valence-corrected chi connectivity index (χ4v) is 1.82. The highest BCUT2D eigenvalue weighted by Crippen LogP contribution is 2.28. The summed E-state index contributed by atoms with van der Waals surface area (Å²) in [5.41, 5.74) is 6.94. The van der Waals surface area contributed by atoms with Crippen molar-refractivity contribution in [2.45, 2.75) is 25.5 Å². The Balaban J connectivity index is 2.05. The predicted molar refractivity (Wildman–Crippen MR) is 52.5 cm³/mol. The first kappa shape index (κ1) is 9.55. The van der Waals surface area contributed by atoms with Crippen LogP contribution >= 0.6 is 0 Å². The van der Waals surface area contributed by atoms with Gasteiger partial charge in [-0.15, -0.1) is 0 Å². The van der Waals surface area contributed by atoms with Crippen LogP contribution in [0.1, 0.15) is 25.1 Å². The lowest BCUT2D eigenvalue weighted by atomic mass is 9.95. The molecule has 3 atom stereocenters. The molecule has 14 heavy (non-hydrogen) atoms. The van der Waals surface area contributed by atoms with E-state index in [-0.39, 0.29) is 6.04 Å². The molecule has 1 aromatic rings. The highest BCUT2D eigenvalue weighted by molar-refractivity contribution is 5.04. The largest absolute Gasteiger partial charge is 0.378 e. The van der Waals surface area contributed by atoms with E-state index in [0.717, 1.165) is 18.7 Å². The highest BCUT2D eigenvalue weighted by Gasteiger charge is 2.28.